The van der Waals surface area contributed by atoms with E-state index in [1.165, 1.54) is 0 Å². The van der Waals surface area contributed by atoms with Crippen molar-refractivity contribution in [2.24, 2.45) is 0 Å². The van der Waals surface area contributed by atoms with E-state index < -0.39 is 0 Å². The van der Waals surface area contributed by atoms with E-state index in [1.54, 1.807) is 26.6 Å². The Bertz CT molecular complexity index is 286. The molecule has 1 unspecified atom stereocenters. The van der Waals surface area contributed by atoms with Crippen molar-refractivity contribution in [3.05, 3.63) is 24.0 Å². The normalized spacial score (nSPS) is 12.5. The third kappa shape index (κ3) is 3.18. The predicted octanol–water partition coefficient (Wildman–Crippen LogP) is 1.39. The van der Waals surface area contributed by atoms with Crippen molar-refractivity contribution in [3.63, 3.8) is 0 Å². The van der Waals surface area contributed by atoms with Gasteiger partial charge in [0.15, 0.2) is 0 Å². The van der Waals surface area contributed by atoms with Crippen molar-refractivity contribution >= 4 is 0 Å². The first-order valence-electron chi connectivity index (χ1n) is 5.03. The summed E-state index contributed by atoms with van der Waals surface area (Å²) in [4.78, 5) is 4.03. The van der Waals surface area contributed by atoms with Crippen LogP contribution in [0.1, 0.15) is 18.5 Å². The van der Waals surface area contributed by atoms with Crippen LogP contribution in [0, 0.1) is 0 Å². The molecule has 0 aliphatic heterocycles. The topological polar surface area (TPSA) is 43.4 Å². The van der Waals surface area contributed by atoms with Gasteiger partial charge in [0.05, 0.1) is 26.0 Å². The minimum Gasteiger partial charge on any atom is -0.495 e. The molecule has 0 aliphatic rings. The Hall–Kier alpha value is -1.13. The summed E-state index contributed by atoms with van der Waals surface area (Å²) in [5.74, 6) is 0.792. The number of hydrogen-bond acceptors (Lipinski definition) is 4. The molecule has 4 heteroatoms. The molecule has 0 saturated heterocycles. The Morgan fingerprint density at radius 3 is 2.87 bits per heavy atom. The average molecular weight is 210 g/mol. The largest absolute Gasteiger partial charge is 0.495 e. The van der Waals surface area contributed by atoms with Crippen LogP contribution >= 0.6 is 0 Å². The number of rotatable bonds is 6. The van der Waals surface area contributed by atoms with Crippen LogP contribution in [-0.4, -0.2) is 32.4 Å². The molecule has 0 amide bonds. The molecule has 84 valence electrons. The second-order valence-electron chi connectivity index (χ2n) is 3.18. The van der Waals surface area contributed by atoms with E-state index in [0.29, 0.717) is 6.61 Å². The van der Waals surface area contributed by atoms with E-state index in [2.05, 4.69) is 17.2 Å². The van der Waals surface area contributed by atoms with Gasteiger partial charge < -0.3 is 14.8 Å². The van der Waals surface area contributed by atoms with Gasteiger partial charge in [-0.05, 0) is 12.6 Å². The quantitative estimate of drug-likeness (QED) is 0.770. The van der Waals surface area contributed by atoms with Crippen LogP contribution in [0.2, 0.25) is 0 Å². The Kier molecular flexibility index (Phi) is 5.07. The second-order valence-corrected chi connectivity index (χ2v) is 3.18. The number of likely N-dealkylation sites (N-methyl/N-ethyl adjacent to an activating group) is 1. The van der Waals surface area contributed by atoms with Crippen molar-refractivity contribution in [1.82, 2.24) is 10.3 Å². The lowest BCUT2D eigenvalue weighted by molar-refractivity contribution is 0.166. The van der Waals surface area contributed by atoms with Gasteiger partial charge in [-0.3, -0.25) is 4.98 Å². The van der Waals surface area contributed by atoms with Gasteiger partial charge in [0.1, 0.15) is 5.75 Å². The SMILES string of the molecule is CCNC(COC)c1ccncc1OC. The van der Waals surface area contributed by atoms with Crippen LogP contribution in [0.3, 0.4) is 0 Å². The number of ether oxygens (including phenoxy) is 2. The first-order valence-corrected chi connectivity index (χ1v) is 5.03. The van der Waals surface area contributed by atoms with Crippen LogP contribution in [0.15, 0.2) is 18.5 Å². The van der Waals surface area contributed by atoms with Gasteiger partial charge in [-0.15, -0.1) is 0 Å². The molecule has 1 aromatic heterocycles. The summed E-state index contributed by atoms with van der Waals surface area (Å²) in [6, 6.07) is 2.10. The lowest BCUT2D eigenvalue weighted by Gasteiger charge is -2.19. The predicted molar refractivity (Wildman–Crippen MR) is 59.1 cm³/mol. The zero-order valence-electron chi connectivity index (χ0n) is 9.49. The smallest absolute Gasteiger partial charge is 0.142 e. The molecule has 15 heavy (non-hydrogen) atoms. The molecule has 0 spiro atoms. The molecular formula is C11H18N2O2. The highest BCUT2D eigenvalue weighted by Gasteiger charge is 2.14. The van der Waals surface area contributed by atoms with E-state index >= 15 is 0 Å². The molecule has 4 nitrogen and oxygen atoms in total. The zero-order valence-corrected chi connectivity index (χ0v) is 9.49. The van der Waals surface area contributed by atoms with Crippen LogP contribution < -0.4 is 10.1 Å². The Morgan fingerprint density at radius 2 is 2.27 bits per heavy atom. The minimum absolute atomic E-state index is 0.151. The second kappa shape index (κ2) is 6.37. The Morgan fingerprint density at radius 1 is 1.47 bits per heavy atom. The van der Waals surface area contributed by atoms with E-state index in [0.717, 1.165) is 17.9 Å². The molecule has 1 rings (SSSR count). The van der Waals surface area contributed by atoms with Gasteiger partial charge in [0.25, 0.3) is 0 Å². The Labute approximate surface area is 90.6 Å². The molecule has 1 N–H and O–H groups in total. The van der Waals surface area contributed by atoms with Crippen LogP contribution in [-0.2, 0) is 4.74 Å². The Balaban J connectivity index is 2.88. The van der Waals surface area contributed by atoms with Crippen molar-refractivity contribution in [3.8, 4) is 5.75 Å². The van der Waals surface area contributed by atoms with Gasteiger partial charge >= 0.3 is 0 Å². The van der Waals surface area contributed by atoms with Gasteiger partial charge in [0, 0.05) is 18.9 Å². The fourth-order valence-corrected chi connectivity index (χ4v) is 1.52. The fraction of sp³-hybridized carbons (Fsp3) is 0.545. The number of methoxy groups -OCH3 is 2. The van der Waals surface area contributed by atoms with E-state index in [-0.39, 0.29) is 6.04 Å². The van der Waals surface area contributed by atoms with Gasteiger partial charge in [-0.2, -0.15) is 0 Å². The summed E-state index contributed by atoms with van der Waals surface area (Å²) in [5, 5.41) is 3.34. The fourth-order valence-electron chi connectivity index (χ4n) is 1.52. The van der Waals surface area contributed by atoms with Crippen LogP contribution in [0.4, 0.5) is 0 Å². The van der Waals surface area contributed by atoms with E-state index in [9.17, 15) is 0 Å². The maximum absolute atomic E-state index is 5.26. The van der Waals surface area contributed by atoms with Crippen molar-refractivity contribution in [2.45, 2.75) is 13.0 Å². The molecular weight excluding hydrogens is 192 g/mol. The summed E-state index contributed by atoms with van der Waals surface area (Å²) in [7, 11) is 3.34. The summed E-state index contributed by atoms with van der Waals surface area (Å²) in [5.41, 5.74) is 1.08. The number of aromatic nitrogens is 1. The summed E-state index contributed by atoms with van der Waals surface area (Å²) >= 11 is 0. The molecule has 1 heterocycles. The summed E-state index contributed by atoms with van der Waals surface area (Å²) < 4.78 is 10.4. The maximum Gasteiger partial charge on any atom is 0.142 e. The standard InChI is InChI=1S/C11H18N2O2/c1-4-13-10(8-14-2)9-5-6-12-7-11(9)15-3/h5-7,10,13H,4,8H2,1-3H3. The minimum atomic E-state index is 0.151. The summed E-state index contributed by atoms with van der Waals surface area (Å²) in [6.45, 7) is 3.57. The molecule has 0 saturated carbocycles. The van der Waals surface area contributed by atoms with Crippen molar-refractivity contribution in [1.29, 1.82) is 0 Å². The summed E-state index contributed by atoms with van der Waals surface area (Å²) in [6.07, 6.45) is 3.48. The first kappa shape index (κ1) is 11.9. The third-order valence-electron chi connectivity index (χ3n) is 2.20. The van der Waals surface area contributed by atoms with Crippen molar-refractivity contribution < 1.29 is 9.47 Å². The average Bonchev–Trinajstić information content (AvgIpc) is 2.29. The lowest BCUT2D eigenvalue weighted by Crippen LogP contribution is -2.25. The van der Waals surface area contributed by atoms with Gasteiger partial charge in [-0.1, -0.05) is 6.92 Å². The maximum atomic E-state index is 5.26. The van der Waals surface area contributed by atoms with E-state index in [1.807, 2.05) is 6.07 Å². The molecule has 0 fully saturated rings. The monoisotopic (exact) mass is 210 g/mol. The molecule has 1 aromatic rings. The van der Waals surface area contributed by atoms with Gasteiger partial charge in [0.2, 0.25) is 0 Å². The third-order valence-corrected chi connectivity index (χ3v) is 2.20. The van der Waals surface area contributed by atoms with Gasteiger partial charge in [-0.25, -0.2) is 0 Å². The zero-order chi connectivity index (χ0) is 11.1. The highest BCUT2D eigenvalue weighted by atomic mass is 16.5. The number of nitrogens with one attached hydrogen (secondary N) is 1. The van der Waals surface area contributed by atoms with Crippen LogP contribution in [0.5, 0.6) is 5.75 Å². The highest BCUT2D eigenvalue weighted by Crippen LogP contribution is 2.23. The number of hydrogen-bond donors (Lipinski definition) is 1. The van der Waals surface area contributed by atoms with Crippen molar-refractivity contribution in [2.75, 3.05) is 27.4 Å². The van der Waals surface area contributed by atoms with Crippen LogP contribution in [0.25, 0.3) is 0 Å². The molecule has 0 aliphatic carbocycles. The first-order chi connectivity index (χ1) is 7.33. The highest BCUT2D eigenvalue weighted by molar-refractivity contribution is 5.32. The number of nitrogens with zero attached hydrogens (tertiary/aromatic N) is 1. The number of pyridine rings is 1. The molecule has 0 radical (unpaired) electrons. The molecule has 1 atom stereocenters. The molecule has 0 bridgehead atoms. The lowest BCUT2D eigenvalue weighted by atomic mass is 10.1. The molecule has 0 aromatic carbocycles. The van der Waals surface area contributed by atoms with E-state index in [4.69, 9.17) is 9.47 Å².